The number of imide groups is 1. The molecule has 1 fully saturated rings. The second-order valence-corrected chi connectivity index (χ2v) is 5.64. The predicted octanol–water partition coefficient (Wildman–Crippen LogP) is 4.17. The van der Waals surface area contributed by atoms with Gasteiger partial charge in [-0.25, -0.2) is 0 Å². The fourth-order valence-electron chi connectivity index (χ4n) is 2.10. The van der Waals surface area contributed by atoms with Crippen molar-refractivity contribution in [1.82, 2.24) is 4.90 Å². The first-order valence-electron chi connectivity index (χ1n) is 6.70. The summed E-state index contributed by atoms with van der Waals surface area (Å²) in [5.74, 6) is 0.952. The predicted molar refractivity (Wildman–Crippen MR) is 87.0 cm³/mol. The monoisotopic (exact) mass is 311 g/mol. The molecule has 2 heterocycles. The summed E-state index contributed by atoms with van der Waals surface area (Å²) in [6.07, 6.45) is 3.13. The van der Waals surface area contributed by atoms with E-state index in [0.29, 0.717) is 10.7 Å². The lowest BCUT2D eigenvalue weighted by Crippen LogP contribution is -2.27. The van der Waals surface area contributed by atoms with E-state index in [4.69, 9.17) is 4.42 Å². The number of furan rings is 1. The molecule has 1 aliphatic heterocycles. The van der Waals surface area contributed by atoms with Gasteiger partial charge in [-0.05, 0) is 23.9 Å². The number of carbonyl (C=O) groups excluding carboxylic acids is 2. The molecule has 22 heavy (non-hydrogen) atoms. The summed E-state index contributed by atoms with van der Waals surface area (Å²) in [5.41, 5.74) is 0.960. The van der Waals surface area contributed by atoms with E-state index in [-0.39, 0.29) is 17.7 Å². The Morgan fingerprint density at radius 2 is 1.91 bits per heavy atom. The van der Waals surface area contributed by atoms with Crippen molar-refractivity contribution in [2.45, 2.75) is 0 Å². The Kier molecular flexibility index (Phi) is 3.98. The van der Waals surface area contributed by atoms with Crippen molar-refractivity contribution in [3.05, 3.63) is 65.8 Å². The number of rotatable bonds is 4. The summed E-state index contributed by atoms with van der Waals surface area (Å²) in [7, 11) is 0. The van der Waals surface area contributed by atoms with Gasteiger partial charge < -0.3 is 4.42 Å². The fraction of sp³-hybridized carbons (Fsp3) is 0.0588. The molecule has 0 unspecified atom stereocenters. The maximum atomic E-state index is 12.1. The van der Waals surface area contributed by atoms with Crippen molar-refractivity contribution in [2.75, 3.05) is 6.54 Å². The highest BCUT2D eigenvalue weighted by atomic mass is 32.2. The van der Waals surface area contributed by atoms with Gasteiger partial charge in [0.15, 0.2) is 0 Å². The van der Waals surface area contributed by atoms with Crippen molar-refractivity contribution in [3.8, 4) is 11.3 Å². The average molecular weight is 311 g/mol. The third-order valence-corrected chi connectivity index (χ3v) is 4.05. The van der Waals surface area contributed by atoms with Gasteiger partial charge in [-0.15, -0.1) is 6.58 Å². The number of amides is 2. The number of thioether (sulfide) groups is 1. The quantitative estimate of drug-likeness (QED) is 0.628. The largest absolute Gasteiger partial charge is 0.457 e. The zero-order chi connectivity index (χ0) is 15.5. The van der Waals surface area contributed by atoms with Crippen LogP contribution in [0.4, 0.5) is 4.79 Å². The molecule has 110 valence electrons. The van der Waals surface area contributed by atoms with Gasteiger partial charge in [0, 0.05) is 18.2 Å². The minimum atomic E-state index is -0.312. The molecule has 0 radical (unpaired) electrons. The molecule has 1 saturated heterocycles. The molecule has 0 spiro atoms. The van der Waals surface area contributed by atoms with Gasteiger partial charge in [0.1, 0.15) is 11.5 Å². The first kappa shape index (κ1) is 14.4. The topological polar surface area (TPSA) is 50.5 Å². The summed E-state index contributed by atoms with van der Waals surface area (Å²) in [4.78, 5) is 25.4. The lowest BCUT2D eigenvalue weighted by atomic mass is 10.2. The minimum absolute atomic E-state index is 0.218. The van der Waals surface area contributed by atoms with Crippen LogP contribution in [0, 0.1) is 0 Å². The maximum Gasteiger partial charge on any atom is 0.293 e. The molecule has 0 atom stereocenters. The van der Waals surface area contributed by atoms with E-state index in [9.17, 15) is 9.59 Å². The molecule has 2 aromatic rings. The molecule has 3 rings (SSSR count). The van der Waals surface area contributed by atoms with E-state index in [2.05, 4.69) is 6.58 Å². The average Bonchev–Trinajstić information content (AvgIpc) is 3.09. The first-order valence-corrected chi connectivity index (χ1v) is 7.52. The highest BCUT2D eigenvalue weighted by molar-refractivity contribution is 8.18. The van der Waals surface area contributed by atoms with Gasteiger partial charge in [-0.1, -0.05) is 36.4 Å². The molecule has 0 aliphatic carbocycles. The Bertz CT molecular complexity index is 761. The number of hydrogen-bond acceptors (Lipinski definition) is 4. The number of hydrogen-bond donors (Lipinski definition) is 0. The smallest absolute Gasteiger partial charge is 0.293 e. The summed E-state index contributed by atoms with van der Waals surface area (Å²) < 4.78 is 5.72. The highest BCUT2D eigenvalue weighted by Gasteiger charge is 2.34. The maximum absolute atomic E-state index is 12.1. The standard InChI is InChI=1S/C17H13NO3S/c1-2-10-18-16(19)15(22-17(18)20)11-13-8-9-14(21-13)12-6-4-3-5-7-12/h2-9,11H,1,10H2/b15-11-. The summed E-state index contributed by atoms with van der Waals surface area (Å²) >= 11 is 0.912. The normalized spacial score (nSPS) is 16.5. The Balaban J connectivity index is 1.85. The Hall–Kier alpha value is -2.53. The zero-order valence-corrected chi connectivity index (χ0v) is 12.5. The number of nitrogens with zero attached hydrogens (tertiary/aromatic N) is 1. The van der Waals surface area contributed by atoms with Crippen LogP contribution in [-0.4, -0.2) is 22.6 Å². The van der Waals surface area contributed by atoms with E-state index < -0.39 is 0 Å². The summed E-state index contributed by atoms with van der Waals surface area (Å²) in [6, 6.07) is 13.3. The molecule has 4 nitrogen and oxygen atoms in total. The number of benzene rings is 1. The van der Waals surface area contributed by atoms with Crippen molar-refractivity contribution < 1.29 is 14.0 Å². The molecule has 1 aromatic heterocycles. The third-order valence-electron chi connectivity index (χ3n) is 3.14. The Morgan fingerprint density at radius 1 is 1.14 bits per heavy atom. The van der Waals surface area contributed by atoms with Crippen molar-refractivity contribution in [1.29, 1.82) is 0 Å². The van der Waals surface area contributed by atoms with Crippen LogP contribution < -0.4 is 0 Å². The van der Waals surface area contributed by atoms with Gasteiger partial charge in [0.2, 0.25) is 0 Å². The second-order valence-electron chi connectivity index (χ2n) is 4.65. The van der Waals surface area contributed by atoms with Gasteiger partial charge in [-0.2, -0.15) is 0 Å². The fourth-order valence-corrected chi connectivity index (χ4v) is 2.93. The summed E-state index contributed by atoms with van der Waals surface area (Å²) in [6.45, 7) is 3.76. The molecule has 0 saturated carbocycles. The van der Waals surface area contributed by atoms with E-state index in [0.717, 1.165) is 28.0 Å². The van der Waals surface area contributed by atoms with Gasteiger partial charge in [-0.3, -0.25) is 14.5 Å². The van der Waals surface area contributed by atoms with Gasteiger partial charge in [0.25, 0.3) is 11.1 Å². The molecule has 0 N–H and O–H groups in total. The summed E-state index contributed by atoms with van der Waals surface area (Å²) in [5, 5.41) is -0.286. The van der Waals surface area contributed by atoms with Crippen molar-refractivity contribution >= 4 is 29.0 Å². The molecule has 1 aliphatic rings. The number of carbonyl (C=O) groups is 2. The second kappa shape index (κ2) is 6.07. The molecule has 2 amide bonds. The van der Waals surface area contributed by atoms with Crippen LogP contribution in [0.2, 0.25) is 0 Å². The van der Waals surface area contributed by atoms with E-state index in [1.165, 1.54) is 6.08 Å². The van der Waals surface area contributed by atoms with Crippen LogP contribution in [0.5, 0.6) is 0 Å². The minimum Gasteiger partial charge on any atom is -0.457 e. The van der Waals surface area contributed by atoms with Crippen LogP contribution in [0.15, 0.2) is 64.4 Å². The highest BCUT2D eigenvalue weighted by Crippen LogP contribution is 2.33. The molecule has 5 heteroatoms. The molecule has 1 aromatic carbocycles. The van der Waals surface area contributed by atoms with Crippen LogP contribution in [0.25, 0.3) is 17.4 Å². The Labute approximate surface area is 132 Å². The van der Waals surface area contributed by atoms with E-state index in [1.807, 2.05) is 36.4 Å². The lowest BCUT2D eigenvalue weighted by molar-refractivity contribution is -0.122. The van der Waals surface area contributed by atoms with E-state index in [1.54, 1.807) is 12.1 Å². The molecular formula is C17H13NO3S. The van der Waals surface area contributed by atoms with Gasteiger partial charge >= 0.3 is 0 Å². The lowest BCUT2D eigenvalue weighted by Gasteiger charge is -2.07. The zero-order valence-electron chi connectivity index (χ0n) is 11.7. The van der Waals surface area contributed by atoms with Crippen molar-refractivity contribution in [3.63, 3.8) is 0 Å². The van der Waals surface area contributed by atoms with E-state index >= 15 is 0 Å². The Morgan fingerprint density at radius 3 is 2.64 bits per heavy atom. The van der Waals surface area contributed by atoms with Crippen LogP contribution in [0.3, 0.4) is 0 Å². The van der Waals surface area contributed by atoms with Crippen LogP contribution in [0.1, 0.15) is 5.76 Å². The van der Waals surface area contributed by atoms with Crippen LogP contribution >= 0.6 is 11.8 Å². The van der Waals surface area contributed by atoms with Gasteiger partial charge in [0.05, 0.1) is 4.91 Å². The third kappa shape index (κ3) is 2.76. The molecular weight excluding hydrogens is 298 g/mol. The van der Waals surface area contributed by atoms with Crippen molar-refractivity contribution in [2.24, 2.45) is 0 Å². The van der Waals surface area contributed by atoms with Crippen LogP contribution in [-0.2, 0) is 4.79 Å². The SMILES string of the molecule is C=CCN1C(=O)S/C(=C\c2ccc(-c3ccccc3)o2)C1=O. The molecule has 0 bridgehead atoms. The first-order chi connectivity index (χ1) is 10.7.